The summed E-state index contributed by atoms with van der Waals surface area (Å²) in [5.41, 5.74) is 1.12. The van der Waals surface area contributed by atoms with Gasteiger partial charge in [0.05, 0.1) is 6.61 Å². The molecule has 0 saturated carbocycles. The van der Waals surface area contributed by atoms with Gasteiger partial charge in [0.1, 0.15) is 11.1 Å². The number of halogens is 1. The third-order valence-electron chi connectivity index (χ3n) is 4.99. The molecule has 1 N–H and O–H groups in total. The van der Waals surface area contributed by atoms with Crippen LogP contribution in [0, 0.1) is 5.92 Å². The van der Waals surface area contributed by atoms with Crippen LogP contribution in [-0.2, 0) is 11.2 Å². The lowest BCUT2D eigenvalue weighted by Crippen LogP contribution is -2.23. The molecule has 0 heterocycles. The molecule has 0 amide bonds. The molecule has 0 aliphatic rings. The third-order valence-corrected chi connectivity index (χ3v) is 5.60. The number of carboxylic acids is 1. The normalized spacial score (nSPS) is 13.4. The number of carboxylic acid groups (broad SMARTS) is 1. The second-order valence-corrected chi connectivity index (χ2v) is 7.81. The Kier molecular flexibility index (Phi) is 8.93. The lowest BCUT2D eigenvalue weighted by atomic mass is 9.94. The molecule has 0 radical (unpaired) electrons. The number of alkyl halides is 1. The van der Waals surface area contributed by atoms with Gasteiger partial charge in [0, 0.05) is 0 Å². The summed E-state index contributed by atoms with van der Waals surface area (Å²) in [6.07, 6.45) is 8.15. The van der Waals surface area contributed by atoms with Crippen LogP contribution in [0.4, 0.5) is 0 Å². The summed E-state index contributed by atoms with van der Waals surface area (Å²) in [6.45, 7) is 4.86. The fraction of sp³-hybridized carbons (Fsp3) is 0.522. The first kappa shape index (κ1) is 21.6. The molecule has 148 valence electrons. The maximum Gasteiger partial charge on any atom is 0.321 e. The maximum absolute atomic E-state index is 11.1. The topological polar surface area (TPSA) is 46.5 Å². The summed E-state index contributed by atoms with van der Waals surface area (Å²) in [5, 5.41) is 10.5. The van der Waals surface area contributed by atoms with Crippen molar-refractivity contribution in [1.29, 1.82) is 0 Å². The molecule has 0 saturated heterocycles. The summed E-state index contributed by atoms with van der Waals surface area (Å²) in [6, 6.07) is 12.3. The first-order chi connectivity index (χ1) is 13.0. The van der Waals surface area contributed by atoms with E-state index in [1.54, 1.807) is 0 Å². The Bertz CT molecular complexity index is 729. The van der Waals surface area contributed by atoms with Gasteiger partial charge in [-0.2, -0.15) is 0 Å². The van der Waals surface area contributed by atoms with E-state index >= 15 is 0 Å². The van der Waals surface area contributed by atoms with E-state index in [1.165, 1.54) is 32.1 Å². The summed E-state index contributed by atoms with van der Waals surface area (Å²) < 4.78 is 5.91. The Balaban J connectivity index is 1.95. The first-order valence-corrected chi connectivity index (χ1v) is 10.5. The molecule has 2 aromatic rings. The summed E-state index contributed by atoms with van der Waals surface area (Å²) in [7, 11) is 0. The van der Waals surface area contributed by atoms with Crippen molar-refractivity contribution in [3.63, 3.8) is 0 Å². The average Bonchev–Trinajstić information content (AvgIpc) is 2.66. The molecular formula is C23H31ClO3. The molecule has 4 heteroatoms. The number of aliphatic carboxylic acids is 1. The van der Waals surface area contributed by atoms with Crippen molar-refractivity contribution >= 4 is 28.3 Å². The minimum Gasteiger partial charge on any atom is -0.494 e. The lowest BCUT2D eigenvalue weighted by molar-refractivity contribution is -0.137. The fourth-order valence-corrected chi connectivity index (χ4v) is 3.45. The zero-order valence-corrected chi connectivity index (χ0v) is 17.2. The molecule has 0 aliphatic carbocycles. The molecule has 0 bridgehead atoms. The summed E-state index contributed by atoms with van der Waals surface area (Å²) in [4.78, 5) is 11.1. The minimum atomic E-state index is -0.963. The Labute approximate surface area is 167 Å². The van der Waals surface area contributed by atoms with E-state index in [1.807, 2.05) is 25.1 Å². The SMILES string of the molecule is CCCCCCCCOc1ccc2c(CC(C)C(Cl)C(=O)O)cccc2c1. The Morgan fingerprint density at radius 3 is 2.59 bits per heavy atom. The number of unbranched alkanes of at least 4 members (excludes halogenated alkanes) is 5. The van der Waals surface area contributed by atoms with Gasteiger partial charge in [-0.25, -0.2) is 0 Å². The number of hydrogen-bond donors (Lipinski definition) is 1. The van der Waals surface area contributed by atoms with Gasteiger partial charge < -0.3 is 9.84 Å². The van der Waals surface area contributed by atoms with Crippen LogP contribution in [0.1, 0.15) is 57.9 Å². The smallest absolute Gasteiger partial charge is 0.321 e. The highest BCUT2D eigenvalue weighted by molar-refractivity contribution is 6.29. The van der Waals surface area contributed by atoms with Gasteiger partial charge in [-0.05, 0) is 47.2 Å². The summed E-state index contributed by atoms with van der Waals surface area (Å²) in [5.74, 6) is -0.213. The van der Waals surface area contributed by atoms with Crippen molar-refractivity contribution in [3.8, 4) is 5.75 Å². The minimum absolute atomic E-state index is 0.140. The number of fused-ring (bicyclic) bond motifs is 1. The molecule has 0 aromatic heterocycles. The highest BCUT2D eigenvalue weighted by Gasteiger charge is 2.22. The molecule has 0 aliphatic heterocycles. The first-order valence-electron chi connectivity index (χ1n) is 10.0. The van der Waals surface area contributed by atoms with E-state index in [4.69, 9.17) is 21.4 Å². The quantitative estimate of drug-likeness (QED) is 0.334. The number of carbonyl (C=O) groups is 1. The molecule has 0 spiro atoms. The summed E-state index contributed by atoms with van der Waals surface area (Å²) >= 11 is 5.98. The Morgan fingerprint density at radius 1 is 1.11 bits per heavy atom. The second-order valence-electron chi connectivity index (χ2n) is 7.34. The zero-order valence-electron chi connectivity index (χ0n) is 16.4. The molecule has 2 unspecified atom stereocenters. The molecule has 2 aromatic carbocycles. The van der Waals surface area contributed by atoms with Gasteiger partial charge in [0.2, 0.25) is 0 Å². The molecule has 3 nitrogen and oxygen atoms in total. The molecule has 2 atom stereocenters. The van der Waals surface area contributed by atoms with Crippen LogP contribution < -0.4 is 4.74 Å². The molecular weight excluding hydrogens is 360 g/mol. The van der Waals surface area contributed by atoms with E-state index in [9.17, 15) is 4.79 Å². The standard InChI is InChI=1S/C23H31ClO3/c1-3-4-5-6-7-8-14-27-20-12-13-21-18(10-9-11-19(21)16-20)15-17(2)22(24)23(25)26/h9-13,16-17,22H,3-8,14-15H2,1-2H3,(H,25,26). The van der Waals surface area contributed by atoms with Gasteiger partial charge in [-0.15, -0.1) is 11.6 Å². The van der Waals surface area contributed by atoms with Crippen molar-refractivity contribution < 1.29 is 14.6 Å². The van der Waals surface area contributed by atoms with Gasteiger partial charge in [0.25, 0.3) is 0 Å². The fourth-order valence-electron chi connectivity index (χ4n) is 3.36. The van der Waals surface area contributed by atoms with E-state index in [0.29, 0.717) is 6.42 Å². The van der Waals surface area contributed by atoms with Crippen LogP contribution >= 0.6 is 11.6 Å². The number of ether oxygens (including phenoxy) is 1. The highest BCUT2D eigenvalue weighted by Crippen LogP contribution is 2.27. The van der Waals surface area contributed by atoms with E-state index in [-0.39, 0.29) is 5.92 Å². The van der Waals surface area contributed by atoms with Crippen LogP contribution in [-0.4, -0.2) is 23.1 Å². The van der Waals surface area contributed by atoms with Crippen LogP contribution in [0.5, 0.6) is 5.75 Å². The van der Waals surface area contributed by atoms with Crippen molar-refractivity contribution in [2.24, 2.45) is 5.92 Å². The van der Waals surface area contributed by atoms with E-state index in [2.05, 4.69) is 25.1 Å². The Morgan fingerprint density at radius 2 is 1.85 bits per heavy atom. The van der Waals surface area contributed by atoms with Crippen molar-refractivity contribution in [2.45, 2.75) is 64.2 Å². The predicted molar refractivity (Wildman–Crippen MR) is 113 cm³/mol. The molecule has 0 fully saturated rings. The van der Waals surface area contributed by atoms with Gasteiger partial charge in [-0.1, -0.05) is 70.2 Å². The van der Waals surface area contributed by atoms with Crippen LogP contribution in [0.25, 0.3) is 10.8 Å². The largest absolute Gasteiger partial charge is 0.494 e. The number of rotatable bonds is 12. The number of hydrogen-bond acceptors (Lipinski definition) is 2. The second kappa shape index (κ2) is 11.2. The van der Waals surface area contributed by atoms with Crippen molar-refractivity contribution in [1.82, 2.24) is 0 Å². The van der Waals surface area contributed by atoms with E-state index < -0.39 is 11.3 Å². The van der Waals surface area contributed by atoms with Crippen LogP contribution in [0.3, 0.4) is 0 Å². The maximum atomic E-state index is 11.1. The molecule has 2 rings (SSSR count). The lowest BCUT2D eigenvalue weighted by Gasteiger charge is -2.16. The highest BCUT2D eigenvalue weighted by atomic mass is 35.5. The van der Waals surface area contributed by atoms with Gasteiger partial charge >= 0.3 is 5.97 Å². The third kappa shape index (κ3) is 6.73. The average molecular weight is 391 g/mol. The van der Waals surface area contributed by atoms with Crippen molar-refractivity contribution in [2.75, 3.05) is 6.61 Å². The van der Waals surface area contributed by atoms with E-state index in [0.717, 1.165) is 35.1 Å². The monoisotopic (exact) mass is 390 g/mol. The van der Waals surface area contributed by atoms with Gasteiger partial charge in [-0.3, -0.25) is 4.79 Å². The van der Waals surface area contributed by atoms with Crippen molar-refractivity contribution in [3.05, 3.63) is 42.0 Å². The molecule has 27 heavy (non-hydrogen) atoms. The zero-order chi connectivity index (χ0) is 19.6. The van der Waals surface area contributed by atoms with Crippen LogP contribution in [0.2, 0.25) is 0 Å². The predicted octanol–water partition coefficient (Wildman–Crippen LogP) is 6.45. The van der Waals surface area contributed by atoms with Crippen LogP contribution in [0.15, 0.2) is 36.4 Å². The Hall–Kier alpha value is -1.74. The number of benzene rings is 2. The van der Waals surface area contributed by atoms with Gasteiger partial charge in [0.15, 0.2) is 0 Å².